The lowest BCUT2D eigenvalue weighted by molar-refractivity contribution is -0.139. The van der Waals surface area contributed by atoms with Crippen molar-refractivity contribution in [3.63, 3.8) is 0 Å². The second-order valence-corrected chi connectivity index (χ2v) is 7.19. The van der Waals surface area contributed by atoms with E-state index in [0.717, 1.165) is 25.9 Å². The van der Waals surface area contributed by atoms with E-state index in [2.05, 4.69) is 29.0 Å². The number of nitrogens with zero attached hydrogens (tertiary/aromatic N) is 2. The first kappa shape index (κ1) is 15.8. The third kappa shape index (κ3) is 3.73. The van der Waals surface area contributed by atoms with Crippen molar-refractivity contribution in [3.8, 4) is 0 Å². The van der Waals surface area contributed by atoms with Gasteiger partial charge in [0, 0.05) is 25.2 Å². The molecule has 0 aromatic carbocycles. The van der Waals surface area contributed by atoms with Crippen LogP contribution in [0.5, 0.6) is 0 Å². The first-order valence-electron chi connectivity index (χ1n) is 8.21. The minimum atomic E-state index is -0.450. The number of hydrogen-bond donors (Lipinski definition) is 1. The van der Waals surface area contributed by atoms with Crippen molar-refractivity contribution in [2.75, 3.05) is 26.2 Å². The maximum Gasteiger partial charge on any atom is 0.242 e. The van der Waals surface area contributed by atoms with E-state index in [9.17, 15) is 4.79 Å². The molecule has 0 radical (unpaired) electrons. The smallest absolute Gasteiger partial charge is 0.242 e. The Bertz CT molecular complexity index is 327. The van der Waals surface area contributed by atoms with Gasteiger partial charge in [-0.2, -0.15) is 0 Å². The molecule has 1 N–H and O–H groups in total. The molecular formula is C16H31N3O. The van der Waals surface area contributed by atoms with E-state index in [1.54, 1.807) is 0 Å². The number of piperidine rings is 1. The highest BCUT2D eigenvalue weighted by atomic mass is 16.2. The molecule has 116 valence electrons. The highest BCUT2D eigenvalue weighted by Crippen LogP contribution is 2.22. The van der Waals surface area contributed by atoms with Gasteiger partial charge in [0.15, 0.2) is 0 Å². The number of likely N-dealkylation sites (tertiary alicyclic amines) is 2. The molecule has 0 spiro atoms. The fraction of sp³-hybridized carbons (Fsp3) is 0.938. The predicted octanol–water partition coefficient (Wildman–Crippen LogP) is 1.85. The first-order chi connectivity index (χ1) is 9.40. The molecule has 2 rings (SSSR count). The third-order valence-corrected chi connectivity index (χ3v) is 4.59. The van der Waals surface area contributed by atoms with Crippen molar-refractivity contribution >= 4 is 5.91 Å². The standard InChI is InChI=1S/C16H31N3O/c1-13(2)17-16(3,4)15(20)19-11-7-14(8-12-19)18-9-5-6-10-18/h13-14,17H,5-12H2,1-4H3. The summed E-state index contributed by atoms with van der Waals surface area (Å²) in [6.07, 6.45) is 4.99. The molecule has 0 aromatic heterocycles. The van der Waals surface area contributed by atoms with Crippen molar-refractivity contribution in [1.82, 2.24) is 15.1 Å². The molecule has 0 bridgehead atoms. The zero-order valence-corrected chi connectivity index (χ0v) is 13.6. The van der Waals surface area contributed by atoms with Crippen molar-refractivity contribution < 1.29 is 4.79 Å². The SMILES string of the molecule is CC(C)NC(C)(C)C(=O)N1CCC(N2CCCC2)CC1. The number of hydrogen-bond acceptors (Lipinski definition) is 3. The van der Waals surface area contributed by atoms with Gasteiger partial charge in [0.1, 0.15) is 0 Å². The predicted molar refractivity (Wildman–Crippen MR) is 82.8 cm³/mol. The van der Waals surface area contributed by atoms with E-state index < -0.39 is 5.54 Å². The van der Waals surface area contributed by atoms with Crippen LogP contribution < -0.4 is 5.32 Å². The maximum atomic E-state index is 12.6. The summed E-state index contributed by atoms with van der Waals surface area (Å²) >= 11 is 0. The second-order valence-electron chi connectivity index (χ2n) is 7.19. The van der Waals surface area contributed by atoms with Crippen molar-refractivity contribution in [1.29, 1.82) is 0 Å². The Morgan fingerprint density at radius 3 is 2.15 bits per heavy atom. The summed E-state index contributed by atoms with van der Waals surface area (Å²) in [6.45, 7) is 12.6. The molecular weight excluding hydrogens is 250 g/mol. The molecule has 20 heavy (non-hydrogen) atoms. The van der Waals surface area contributed by atoms with Gasteiger partial charge in [-0.15, -0.1) is 0 Å². The fourth-order valence-corrected chi connectivity index (χ4v) is 3.72. The number of amides is 1. The third-order valence-electron chi connectivity index (χ3n) is 4.59. The number of carbonyl (C=O) groups is 1. The molecule has 0 aliphatic carbocycles. The second kappa shape index (κ2) is 6.44. The van der Waals surface area contributed by atoms with Gasteiger partial charge in [0.25, 0.3) is 0 Å². The molecule has 2 heterocycles. The molecule has 2 saturated heterocycles. The molecule has 4 heteroatoms. The molecule has 4 nitrogen and oxygen atoms in total. The normalized spacial score (nSPS) is 22.8. The van der Waals surface area contributed by atoms with Gasteiger partial charge in [-0.1, -0.05) is 0 Å². The monoisotopic (exact) mass is 281 g/mol. The van der Waals surface area contributed by atoms with Crippen molar-refractivity contribution in [2.45, 2.75) is 71.0 Å². The molecule has 2 aliphatic rings. The van der Waals surface area contributed by atoms with Crippen LogP contribution in [-0.2, 0) is 4.79 Å². The molecule has 1 amide bonds. The number of rotatable bonds is 4. The van der Waals surface area contributed by atoms with Gasteiger partial charge in [0.05, 0.1) is 5.54 Å². The zero-order valence-electron chi connectivity index (χ0n) is 13.6. The molecule has 2 fully saturated rings. The molecule has 0 saturated carbocycles. The Kier molecular flexibility index (Phi) is 5.08. The van der Waals surface area contributed by atoms with E-state index in [-0.39, 0.29) is 5.91 Å². The Balaban J connectivity index is 1.84. The van der Waals surface area contributed by atoms with Crippen LogP contribution in [-0.4, -0.2) is 59.5 Å². The Morgan fingerprint density at radius 1 is 1.10 bits per heavy atom. The highest BCUT2D eigenvalue weighted by Gasteiger charge is 2.35. The largest absolute Gasteiger partial charge is 0.341 e. The van der Waals surface area contributed by atoms with E-state index in [1.807, 2.05) is 13.8 Å². The summed E-state index contributed by atoms with van der Waals surface area (Å²) < 4.78 is 0. The summed E-state index contributed by atoms with van der Waals surface area (Å²) in [7, 11) is 0. The van der Waals surface area contributed by atoms with Crippen LogP contribution >= 0.6 is 0 Å². The summed E-state index contributed by atoms with van der Waals surface area (Å²) in [6, 6.07) is 1.04. The van der Waals surface area contributed by atoms with Gasteiger partial charge >= 0.3 is 0 Å². The van der Waals surface area contributed by atoms with Gasteiger partial charge < -0.3 is 15.1 Å². The molecule has 0 unspecified atom stereocenters. The van der Waals surface area contributed by atoms with Crippen LogP contribution in [0.3, 0.4) is 0 Å². The number of nitrogens with one attached hydrogen (secondary N) is 1. The number of carbonyl (C=O) groups excluding carboxylic acids is 1. The van der Waals surface area contributed by atoms with Crippen LogP contribution in [0.2, 0.25) is 0 Å². The quantitative estimate of drug-likeness (QED) is 0.854. The maximum absolute atomic E-state index is 12.6. The summed E-state index contributed by atoms with van der Waals surface area (Å²) in [5, 5.41) is 3.38. The van der Waals surface area contributed by atoms with Gasteiger partial charge in [-0.3, -0.25) is 4.79 Å². The van der Waals surface area contributed by atoms with Crippen LogP contribution in [0.15, 0.2) is 0 Å². The molecule has 0 aromatic rings. The lowest BCUT2D eigenvalue weighted by atomic mass is 9.98. The van der Waals surface area contributed by atoms with Crippen LogP contribution in [0.1, 0.15) is 53.4 Å². The first-order valence-corrected chi connectivity index (χ1v) is 8.21. The lowest BCUT2D eigenvalue weighted by Gasteiger charge is -2.40. The van der Waals surface area contributed by atoms with E-state index in [1.165, 1.54) is 25.9 Å². The van der Waals surface area contributed by atoms with Gasteiger partial charge in [-0.25, -0.2) is 0 Å². The molecule has 2 aliphatic heterocycles. The summed E-state index contributed by atoms with van der Waals surface area (Å²) in [5.41, 5.74) is -0.450. The Hall–Kier alpha value is -0.610. The van der Waals surface area contributed by atoms with E-state index >= 15 is 0 Å². The van der Waals surface area contributed by atoms with Crippen molar-refractivity contribution in [3.05, 3.63) is 0 Å². The average Bonchev–Trinajstić information content (AvgIpc) is 2.90. The fourth-order valence-electron chi connectivity index (χ4n) is 3.72. The average molecular weight is 281 g/mol. The van der Waals surface area contributed by atoms with Crippen LogP contribution in [0.25, 0.3) is 0 Å². The van der Waals surface area contributed by atoms with Gasteiger partial charge in [-0.05, 0) is 66.5 Å². The van der Waals surface area contributed by atoms with Crippen molar-refractivity contribution in [2.24, 2.45) is 0 Å². The highest BCUT2D eigenvalue weighted by molar-refractivity contribution is 5.85. The van der Waals surface area contributed by atoms with E-state index in [4.69, 9.17) is 0 Å². The van der Waals surface area contributed by atoms with Crippen LogP contribution in [0.4, 0.5) is 0 Å². The summed E-state index contributed by atoms with van der Waals surface area (Å²) in [4.78, 5) is 17.3. The minimum absolute atomic E-state index is 0.256. The van der Waals surface area contributed by atoms with E-state index in [0.29, 0.717) is 12.1 Å². The van der Waals surface area contributed by atoms with Gasteiger partial charge in [0.2, 0.25) is 5.91 Å². The Labute approximate surface area is 123 Å². The zero-order chi connectivity index (χ0) is 14.8. The van der Waals surface area contributed by atoms with Crippen LogP contribution in [0, 0.1) is 0 Å². The minimum Gasteiger partial charge on any atom is -0.341 e. The topological polar surface area (TPSA) is 35.6 Å². The lowest BCUT2D eigenvalue weighted by Crippen LogP contribution is -2.58. The summed E-state index contributed by atoms with van der Waals surface area (Å²) in [5.74, 6) is 0.256. The molecule has 0 atom stereocenters. The Morgan fingerprint density at radius 2 is 1.65 bits per heavy atom.